The molecule has 0 N–H and O–H groups in total. The molecule has 30 heavy (non-hydrogen) atoms. The van der Waals surface area contributed by atoms with Gasteiger partial charge in [0.2, 0.25) is 0 Å². The molecule has 166 valence electrons. The maximum Gasteiger partial charge on any atom is 0.136 e. The molecule has 0 saturated heterocycles. The first-order chi connectivity index (χ1) is 14.6. The van der Waals surface area contributed by atoms with Crippen LogP contribution in [0.15, 0.2) is 36.5 Å². The lowest BCUT2D eigenvalue weighted by Gasteiger charge is -2.15. The lowest BCUT2D eigenvalue weighted by atomic mass is 10.0. The van der Waals surface area contributed by atoms with Gasteiger partial charge in [-0.2, -0.15) is 0 Å². The van der Waals surface area contributed by atoms with E-state index in [1.165, 1.54) is 69.4 Å². The summed E-state index contributed by atoms with van der Waals surface area (Å²) in [7, 11) is 0. The molecule has 0 aliphatic carbocycles. The number of hydrogen-bond donors (Lipinski definition) is 0. The van der Waals surface area contributed by atoms with Gasteiger partial charge in [0.1, 0.15) is 11.6 Å². The largest absolute Gasteiger partial charge is 0.491 e. The zero-order valence-electron chi connectivity index (χ0n) is 19.3. The summed E-state index contributed by atoms with van der Waals surface area (Å²) in [5.41, 5.74) is 2.44. The molecule has 0 aliphatic heterocycles. The van der Waals surface area contributed by atoms with Crippen LogP contribution in [-0.2, 0) is 6.42 Å². The molecule has 3 heteroatoms. The van der Waals surface area contributed by atoms with Gasteiger partial charge in [-0.1, -0.05) is 71.3 Å². The molecule has 2 aromatic rings. The Morgan fingerprint density at radius 2 is 1.57 bits per heavy atom. The number of aryl methyl sites for hydroxylation is 1. The standard InChI is InChI=1S/C27H40FNO/c1-4-6-8-10-11-13-15-23-16-19-27(29-21-23)25-18-17-24(20-26(25)28)30-22(3)14-12-9-7-5-2/h16-22H,4-15H2,1-3H3/t22-/m0/s1. The maximum atomic E-state index is 14.7. The quantitative estimate of drug-likeness (QED) is 0.273. The Morgan fingerprint density at radius 1 is 0.867 bits per heavy atom. The van der Waals surface area contributed by atoms with Gasteiger partial charge in [-0.15, -0.1) is 0 Å². The highest BCUT2D eigenvalue weighted by atomic mass is 19.1. The van der Waals surface area contributed by atoms with Crippen molar-refractivity contribution in [3.05, 3.63) is 47.9 Å². The van der Waals surface area contributed by atoms with Crippen LogP contribution in [0.4, 0.5) is 4.39 Å². The van der Waals surface area contributed by atoms with Crippen molar-refractivity contribution in [3.8, 4) is 17.0 Å². The zero-order valence-corrected chi connectivity index (χ0v) is 19.3. The second-order valence-corrected chi connectivity index (χ2v) is 8.49. The summed E-state index contributed by atoms with van der Waals surface area (Å²) < 4.78 is 20.6. The van der Waals surface area contributed by atoms with Crippen LogP contribution in [0.3, 0.4) is 0 Å². The number of halogens is 1. The number of rotatable bonds is 15. The number of ether oxygens (including phenoxy) is 1. The number of hydrogen-bond acceptors (Lipinski definition) is 2. The molecule has 1 aromatic heterocycles. The highest BCUT2D eigenvalue weighted by Crippen LogP contribution is 2.26. The van der Waals surface area contributed by atoms with Gasteiger partial charge in [0.15, 0.2) is 0 Å². The number of pyridine rings is 1. The highest BCUT2D eigenvalue weighted by molar-refractivity contribution is 5.61. The predicted octanol–water partition coefficient (Wildman–Crippen LogP) is 8.53. The molecule has 0 spiro atoms. The van der Waals surface area contributed by atoms with E-state index in [2.05, 4.69) is 31.8 Å². The van der Waals surface area contributed by atoms with Crippen LogP contribution in [0, 0.1) is 5.82 Å². The molecule has 0 fully saturated rings. The van der Waals surface area contributed by atoms with Gasteiger partial charge in [0.05, 0.1) is 11.8 Å². The molecular weight excluding hydrogens is 373 g/mol. The topological polar surface area (TPSA) is 22.1 Å². The van der Waals surface area contributed by atoms with Gasteiger partial charge in [0.25, 0.3) is 0 Å². The Labute approximate surface area is 183 Å². The lowest BCUT2D eigenvalue weighted by Crippen LogP contribution is -2.11. The summed E-state index contributed by atoms with van der Waals surface area (Å²) in [6, 6.07) is 9.14. The normalized spacial score (nSPS) is 12.1. The fourth-order valence-corrected chi connectivity index (χ4v) is 3.77. The minimum absolute atomic E-state index is 0.103. The van der Waals surface area contributed by atoms with Crippen molar-refractivity contribution in [2.24, 2.45) is 0 Å². The first kappa shape index (κ1) is 24.4. The molecule has 1 heterocycles. The van der Waals surface area contributed by atoms with Crippen LogP contribution in [-0.4, -0.2) is 11.1 Å². The van der Waals surface area contributed by atoms with Gasteiger partial charge in [-0.25, -0.2) is 4.39 Å². The smallest absolute Gasteiger partial charge is 0.136 e. The summed E-state index contributed by atoms with van der Waals surface area (Å²) in [6.07, 6.45) is 16.7. The molecule has 0 radical (unpaired) electrons. The SMILES string of the molecule is CCCCCCCCc1ccc(-c2ccc(O[C@@H](C)CCCCCC)cc2F)nc1. The average Bonchev–Trinajstić information content (AvgIpc) is 2.74. The molecule has 2 nitrogen and oxygen atoms in total. The van der Waals surface area contributed by atoms with E-state index < -0.39 is 0 Å². The van der Waals surface area contributed by atoms with E-state index in [9.17, 15) is 4.39 Å². The Kier molecular flexibility index (Phi) is 11.5. The fourth-order valence-electron chi connectivity index (χ4n) is 3.77. The number of unbranched alkanes of at least 4 members (excludes halogenated alkanes) is 8. The molecule has 0 aliphatic rings. The Morgan fingerprint density at radius 3 is 2.23 bits per heavy atom. The molecule has 0 unspecified atom stereocenters. The summed E-state index contributed by atoms with van der Waals surface area (Å²) in [5.74, 6) is 0.320. The third-order valence-corrected chi connectivity index (χ3v) is 5.66. The van der Waals surface area contributed by atoms with Crippen LogP contribution in [0.2, 0.25) is 0 Å². The summed E-state index contributed by atoms with van der Waals surface area (Å²) >= 11 is 0. The summed E-state index contributed by atoms with van der Waals surface area (Å²) in [4.78, 5) is 4.51. The van der Waals surface area contributed by atoms with Crippen LogP contribution >= 0.6 is 0 Å². The highest BCUT2D eigenvalue weighted by Gasteiger charge is 2.10. The van der Waals surface area contributed by atoms with Crippen LogP contribution < -0.4 is 4.74 Å². The summed E-state index contributed by atoms with van der Waals surface area (Å²) in [6.45, 7) is 6.51. The molecule has 1 aromatic carbocycles. The average molecular weight is 414 g/mol. The van der Waals surface area contributed by atoms with Crippen molar-refractivity contribution < 1.29 is 9.13 Å². The van der Waals surface area contributed by atoms with Crippen LogP contribution in [0.5, 0.6) is 5.75 Å². The lowest BCUT2D eigenvalue weighted by molar-refractivity contribution is 0.205. The number of nitrogens with zero attached hydrogens (tertiary/aromatic N) is 1. The van der Waals surface area contributed by atoms with Gasteiger partial charge in [0, 0.05) is 17.8 Å². The third kappa shape index (κ3) is 8.85. The molecule has 0 saturated carbocycles. The van der Waals surface area contributed by atoms with E-state index in [1.807, 2.05) is 18.3 Å². The molecule has 2 rings (SSSR count). The minimum atomic E-state index is -0.276. The fraction of sp³-hybridized carbons (Fsp3) is 0.593. The zero-order chi connectivity index (χ0) is 21.6. The van der Waals surface area contributed by atoms with Gasteiger partial charge < -0.3 is 4.74 Å². The first-order valence-electron chi connectivity index (χ1n) is 12.1. The van der Waals surface area contributed by atoms with E-state index in [0.29, 0.717) is 17.0 Å². The Balaban J connectivity index is 1.84. The number of aromatic nitrogens is 1. The Bertz CT molecular complexity index is 713. The van der Waals surface area contributed by atoms with E-state index in [4.69, 9.17) is 4.74 Å². The summed E-state index contributed by atoms with van der Waals surface area (Å²) in [5, 5.41) is 0. The first-order valence-corrected chi connectivity index (χ1v) is 12.1. The van der Waals surface area contributed by atoms with Crippen molar-refractivity contribution in [2.45, 2.75) is 104 Å². The minimum Gasteiger partial charge on any atom is -0.491 e. The van der Waals surface area contributed by atoms with E-state index >= 15 is 0 Å². The monoisotopic (exact) mass is 413 g/mol. The van der Waals surface area contributed by atoms with E-state index in [0.717, 1.165) is 19.3 Å². The Hall–Kier alpha value is -1.90. The van der Waals surface area contributed by atoms with Crippen molar-refractivity contribution in [2.75, 3.05) is 0 Å². The van der Waals surface area contributed by atoms with Crippen molar-refractivity contribution >= 4 is 0 Å². The van der Waals surface area contributed by atoms with Gasteiger partial charge in [-0.05, 0) is 56.4 Å². The second-order valence-electron chi connectivity index (χ2n) is 8.49. The third-order valence-electron chi connectivity index (χ3n) is 5.66. The molecular formula is C27H40FNO. The second kappa shape index (κ2) is 14.2. The van der Waals surface area contributed by atoms with Crippen LogP contribution in [0.25, 0.3) is 11.3 Å². The van der Waals surface area contributed by atoms with Crippen LogP contribution in [0.1, 0.15) is 97.0 Å². The van der Waals surface area contributed by atoms with Gasteiger partial charge >= 0.3 is 0 Å². The molecule has 0 bridgehead atoms. The van der Waals surface area contributed by atoms with Crippen molar-refractivity contribution in [1.82, 2.24) is 4.98 Å². The maximum absolute atomic E-state index is 14.7. The number of benzene rings is 1. The molecule has 0 amide bonds. The van der Waals surface area contributed by atoms with Gasteiger partial charge in [-0.3, -0.25) is 4.98 Å². The van der Waals surface area contributed by atoms with E-state index in [1.54, 1.807) is 6.07 Å². The van der Waals surface area contributed by atoms with Crippen molar-refractivity contribution in [3.63, 3.8) is 0 Å². The van der Waals surface area contributed by atoms with Crippen molar-refractivity contribution in [1.29, 1.82) is 0 Å². The predicted molar refractivity (Wildman–Crippen MR) is 126 cm³/mol. The molecule has 1 atom stereocenters. The van der Waals surface area contributed by atoms with E-state index in [-0.39, 0.29) is 11.9 Å².